The number of nitrogens with two attached hydrogens (primary N) is 3. The summed E-state index contributed by atoms with van der Waals surface area (Å²) in [5, 5.41) is 29.5. The number of aromatic amines is 1. The van der Waals surface area contributed by atoms with Crippen LogP contribution in [0.5, 0.6) is 0 Å². The first-order valence-electron chi connectivity index (χ1n) is 10.1. The molecule has 13 N–H and O–H groups in total. The molecule has 15 heteroatoms. The van der Waals surface area contributed by atoms with Gasteiger partial charge in [0.15, 0.2) is 5.82 Å². The lowest BCUT2D eigenvalue weighted by Gasteiger charge is -2.27. The van der Waals surface area contributed by atoms with Gasteiger partial charge in [0.1, 0.15) is 11.7 Å². The van der Waals surface area contributed by atoms with Gasteiger partial charge in [-0.3, -0.25) is 31.1 Å². The number of carbonyl (C=O) groups excluding carboxylic acids is 1. The van der Waals surface area contributed by atoms with Crippen LogP contribution < -0.4 is 44.2 Å². The molecule has 2 atom stereocenters. The van der Waals surface area contributed by atoms with Crippen molar-refractivity contribution >= 4 is 41.0 Å². The molecule has 2 aromatic rings. The molecule has 3 rings (SSSR count). The molecule has 0 saturated heterocycles. The van der Waals surface area contributed by atoms with E-state index in [0.717, 1.165) is 0 Å². The third-order valence-corrected chi connectivity index (χ3v) is 4.75. The highest BCUT2D eigenvalue weighted by Crippen LogP contribution is 2.20. The third kappa shape index (κ3) is 7.07. The van der Waals surface area contributed by atoms with Crippen LogP contribution in [0, 0.1) is 0 Å². The number of carboxylic acids is 2. The molecule has 15 nitrogen and oxygen atoms in total. The van der Waals surface area contributed by atoms with E-state index in [1.807, 2.05) is 0 Å². The molecule has 1 aromatic heterocycles. The number of fused-ring (bicyclic) bond motifs is 1. The summed E-state index contributed by atoms with van der Waals surface area (Å²) < 4.78 is 0. The van der Waals surface area contributed by atoms with Crippen LogP contribution in [0.15, 0.2) is 29.1 Å². The van der Waals surface area contributed by atoms with E-state index in [9.17, 15) is 19.2 Å². The number of benzene rings is 1. The van der Waals surface area contributed by atoms with Crippen LogP contribution in [-0.2, 0) is 9.59 Å². The van der Waals surface area contributed by atoms with Crippen LogP contribution in [0.3, 0.4) is 0 Å². The van der Waals surface area contributed by atoms with E-state index >= 15 is 0 Å². The lowest BCUT2D eigenvalue weighted by Crippen LogP contribution is -2.41. The number of rotatable bonds is 9. The van der Waals surface area contributed by atoms with Gasteiger partial charge >= 0.3 is 11.9 Å². The molecule has 0 aliphatic carbocycles. The summed E-state index contributed by atoms with van der Waals surface area (Å²) in [6.07, 6.45) is -0.587. The third-order valence-electron chi connectivity index (χ3n) is 4.75. The zero-order chi connectivity index (χ0) is 25.3. The van der Waals surface area contributed by atoms with Crippen molar-refractivity contribution in [2.24, 2.45) is 11.7 Å². The number of H-pyrrole nitrogens is 1. The summed E-state index contributed by atoms with van der Waals surface area (Å²) in [5.74, 6) is 5.36. The molecule has 1 aliphatic rings. The van der Waals surface area contributed by atoms with Crippen molar-refractivity contribution in [1.29, 1.82) is 0 Å². The Balaban J connectivity index is 0.00000199. The second-order valence-corrected chi connectivity index (χ2v) is 7.15. The summed E-state index contributed by atoms with van der Waals surface area (Å²) >= 11 is 0. The molecule has 1 aliphatic heterocycles. The standard InChI is InChI=1S/C19H23N7O6.H4N2/c20-19-25-15-14(17(30)26-19)23-11(8-22-15)7-21-10-3-1-9(2-4-10)16(29)24-12(18(31)32)5-6-13(27)28;1-2/h1-4,11-12,21,23H,5-8H2,(H,24,29)(H,27,28)(H,31,32)(H4,20,22,25,26,30);1-2H2/t11?,12-;/m0./s1. The van der Waals surface area contributed by atoms with Gasteiger partial charge in [-0.2, -0.15) is 4.98 Å². The minimum atomic E-state index is -1.30. The first kappa shape index (κ1) is 25.9. The predicted octanol–water partition coefficient (Wildman–Crippen LogP) is -1.46. The van der Waals surface area contributed by atoms with E-state index in [0.29, 0.717) is 30.3 Å². The van der Waals surface area contributed by atoms with Crippen molar-refractivity contribution in [3.63, 3.8) is 0 Å². The lowest BCUT2D eigenvalue weighted by molar-refractivity contribution is -0.140. The summed E-state index contributed by atoms with van der Waals surface area (Å²) in [6, 6.07) is 4.93. The molecular weight excluding hydrogens is 450 g/mol. The summed E-state index contributed by atoms with van der Waals surface area (Å²) in [5.41, 5.74) is 6.40. The van der Waals surface area contributed by atoms with Gasteiger partial charge < -0.3 is 37.2 Å². The van der Waals surface area contributed by atoms with Gasteiger partial charge in [-0.1, -0.05) is 0 Å². The number of nitrogens with one attached hydrogen (secondary N) is 5. The Morgan fingerprint density at radius 1 is 1.18 bits per heavy atom. The van der Waals surface area contributed by atoms with Gasteiger partial charge in [0.25, 0.3) is 11.5 Å². The Kier molecular flexibility index (Phi) is 9.16. The summed E-state index contributed by atoms with van der Waals surface area (Å²) in [4.78, 5) is 52.6. The fraction of sp³-hybridized carbons (Fsp3) is 0.316. The van der Waals surface area contributed by atoms with E-state index in [4.69, 9.17) is 15.9 Å². The maximum absolute atomic E-state index is 12.3. The fourth-order valence-corrected chi connectivity index (χ4v) is 3.10. The van der Waals surface area contributed by atoms with Gasteiger partial charge in [-0.25, -0.2) is 4.79 Å². The van der Waals surface area contributed by atoms with Crippen molar-refractivity contribution < 1.29 is 24.6 Å². The molecule has 0 fully saturated rings. The number of hydrogen-bond acceptors (Lipinski definition) is 11. The Labute approximate surface area is 193 Å². The molecule has 0 bridgehead atoms. The smallest absolute Gasteiger partial charge is 0.326 e. The molecule has 0 saturated carbocycles. The molecule has 34 heavy (non-hydrogen) atoms. The molecule has 2 heterocycles. The summed E-state index contributed by atoms with van der Waals surface area (Å²) in [7, 11) is 0. The van der Waals surface area contributed by atoms with Gasteiger partial charge in [0, 0.05) is 30.8 Å². The van der Waals surface area contributed by atoms with E-state index in [2.05, 4.69) is 42.9 Å². The van der Waals surface area contributed by atoms with Gasteiger partial charge in [0.05, 0.1) is 6.04 Å². The molecule has 0 radical (unpaired) electrons. The number of amides is 1. The number of nitrogens with zero attached hydrogens (tertiary/aromatic N) is 1. The number of hydrazine groups is 1. The maximum Gasteiger partial charge on any atom is 0.326 e. The van der Waals surface area contributed by atoms with Crippen LogP contribution >= 0.6 is 0 Å². The minimum Gasteiger partial charge on any atom is -0.481 e. The predicted molar refractivity (Wildman–Crippen MR) is 124 cm³/mol. The number of aromatic nitrogens is 2. The maximum atomic E-state index is 12.3. The number of aliphatic carboxylic acids is 2. The Hall–Kier alpha value is -4.37. The average Bonchev–Trinajstić information content (AvgIpc) is 2.81. The Morgan fingerprint density at radius 2 is 1.85 bits per heavy atom. The topological polar surface area (TPSA) is 264 Å². The highest BCUT2D eigenvalue weighted by molar-refractivity contribution is 5.96. The quantitative estimate of drug-likeness (QED) is 0.146. The molecular formula is C19H27N9O6. The van der Waals surface area contributed by atoms with Crippen molar-refractivity contribution in [1.82, 2.24) is 15.3 Å². The monoisotopic (exact) mass is 477 g/mol. The Morgan fingerprint density at radius 3 is 2.47 bits per heavy atom. The number of nitrogen functional groups attached to an aromatic ring is 1. The lowest BCUT2D eigenvalue weighted by atomic mass is 10.1. The van der Waals surface area contributed by atoms with Gasteiger partial charge in [0.2, 0.25) is 5.95 Å². The van der Waals surface area contributed by atoms with Gasteiger partial charge in [-0.15, -0.1) is 0 Å². The number of carbonyl (C=O) groups is 3. The van der Waals surface area contributed by atoms with E-state index < -0.39 is 23.9 Å². The van der Waals surface area contributed by atoms with Crippen LogP contribution in [-0.4, -0.2) is 63.2 Å². The highest BCUT2D eigenvalue weighted by Gasteiger charge is 2.23. The number of hydrogen-bond donors (Lipinski definition) is 10. The largest absolute Gasteiger partial charge is 0.481 e. The van der Waals surface area contributed by atoms with E-state index in [-0.39, 0.29) is 36.0 Å². The molecule has 184 valence electrons. The molecule has 1 amide bonds. The van der Waals surface area contributed by atoms with Gasteiger partial charge in [-0.05, 0) is 30.7 Å². The first-order valence-corrected chi connectivity index (χ1v) is 10.1. The van der Waals surface area contributed by atoms with Crippen molar-refractivity contribution in [2.75, 3.05) is 34.8 Å². The highest BCUT2D eigenvalue weighted by atomic mass is 16.4. The van der Waals surface area contributed by atoms with Crippen LogP contribution in [0.25, 0.3) is 0 Å². The zero-order valence-electron chi connectivity index (χ0n) is 18.0. The van der Waals surface area contributed by atoms with Crippen molar-refractivity contribution in [3.05, 3.63) is 40.2 Å². The molecule has 1 unspecified atom stereocenters. The zero-order valence-corrected chi connectivity index (χ0v) is 18.0. The minimum absolute atomic E-state index is 0.0281. The number of carboxylic acid groups (broad SMARTS) is 2. The summed E-state index contributed by atoms with van der Waals surface area (Å²) in [6.45, 7) is 0.960. The first-order chi connectivity index (χ1) is 16.2. The normalized spacial score (nSPS) is 14.7. The number of anilines is 4. The molecule has 1 aromatic carbocycles. The SMILES string of the molecule is NN.Nc1nc2c(c(=O)[nH]1)NC(CNc1ccc(C(=O)N[C@@H](CCC(=O)O)C(=O)O)cc1)CN2. The van der Waals surface area contributed by atoms with E-state index in [1.165, 1.54) is 12.1 Å². The van der Waals surface area contributed by atoms with Crippen LogP contribution in [0.4, 0.5) is 23.1 Å². The average molecular weight is 477 g/mol. The molecule has 0 spiro atoms. The van der Waals surface area contributed by atoms with Crippen molar-refractivity contribution in [3.8, 4) is 0 Å². The van der Waals surface area contributed by atoms with Crippen molar-refractivity contribution in [2.45, 2.75) is 24.9 Å². The second kappa shape index (κ2) is 12.0. The van der Waals surface area contributed by atoms with Crippen LogP contribution in [0.2, 0.25) is 0 Å². The van der Waals surface area contributed by atoms with E-state index in [1.54, 1.807) is 12.1 Å². The Bertz CT molecular complexity index is 1070. The van der Waals surface area contributed by atoms with Crippen LogP contribution in [0.1, 0.15) is 23.2 Å². The second-order valence-electron chi connectivity index (χ2n) is 7.15. The fourth-order valence-electron chi connectivity index (χ4n) is 3.10.